The fraction of sp³-hybridized carbons (Fsp3) is 0.375. The number of rotatable bonds is 11. The quantitative estimate of drug-likeness (QED) is 0.0944. The minimum Gasteiger partial charge on any atom is -0.422 e. The van der Waals surface area contributed by atoms with E-state index >= 15 is 0 Å². The van der Waals surface area contributed by atoms with Crippen LogP contribution in [-0.4, -0.2) is 83.2 Å². The Balaban J connectivity index is 1.45. The van der Waals surface area contributed by atoms with Crippen LogP contribution in [0.25, 0.3) is 22.1 Å². The Bertz CT molecular complexity index is 1890. The number of aliphatic hydroxyl groups is 1. The van der Waals surface area contributed by atoms with Crippen LogP contribution in [0, 0.1) is 0 Å². The number of hydrogen-bond donors (Lipinski definition) is 6. The number of aromatic nitrogens is 4. The topological polar surface area (TPSA) is 275 Å². The van der Waals surface area contributed by atoms with Crippen LogP contribution in [0.3, 0.4) is 0 Å². The Kier molecular flexibility index (Phi) is 9.10. The number of fused-ring (bicyclic) bond motifs is 2. The smallest absolute Gasteiger partial charge is 0.422 e. The molecule has 7 N–H and O–H groups in total. The van der Waals surface area contributed by atoms with Gasteiger partial charge in [-0.1, -0.05) is 0 Å². The van der Waals surface area contributed by atoms with Crippen molar-refractivity contribution in [2.75, 3.05) is 30.3 Å². The Hall–Kier alpha value is -3.77. The minimum atomic E-state index is -5.45. The number of aliphatic hydroxyl groups excluding tert-OH is 1. The van der Waals surface area contributed by atoms with Crippen LogP contribution >= 0.6 is 15.6 Å². The molecule has 1 fully saturated rings. The predicted octanol–water partition coefficient (Wildman–Crippen LogP) is 0.644. The van der Waals surface area contributed by atoms with Gasteiger partial charge in [0.05, 0.1) is 19.0 Å². The first-order valence-electron chi connectivity index (χ1n) is 13.4. The number of nitrogen functional groups attached to an aromatic ring is 1. The van der Waals surface area contributed by atoms with E-state index < -0.39 is 63.8 Å². The molecular weight excluding hydrogens is 640 g/mol. The molecule has 0 aliphatic carbocycles. The molecule has 1 saturated heterocycles. The summed E-state index contributed by atoms with van der Waals surface area (Å²) in [5.74, 6) is -0.962. The van der Waals surface area contributed by atoms with Crippen LogP contribution in [0.15, 0.2) is 46.1 Å². The molecule has 0 saturated carbocycles. The first-order chi connectivity index (χ1) is 21.2. The number of phosphoric acid groups is 2. The van der Waals surface area contributed by atoms with Gasteiger partial charge in [-0.3, -0.25) is 13.9 Å². The molecule has 1 amide bonds. The van der Waals surface area contributed by atoms with Crippen LogP contribution < -0.4 is 21.6 Å². The van der Waals surface area contributed by atoms with Crippen molar-refractivity contribution >= 4 is 55.2 Å². The zero-order valence-electron chi connectivity index (χ0n) is 23.7. The number of benzene rings is 1. The van der Waals surface area contributed by atoms with Gasteiger partial charge in [0.2, 0.25) is 0 Å². The molecule has 1 aliphatic heterocycles. The Morgan fingerprint density at radius 3 is 2.58 bits per heavy atom. The average molecular weight is 669 g/mol. The number of phosphoric ester groups is 1. The molecule has 21 heteroatoms. The van der Waals surface area contributed by atoms with E-state index in [1.165, 1.54) is 17.0 Å². The van der Waals surface area contributed by atoms with Crippen LogP contribution in [0.5, 0.6) is 0 Å². The molecule has 45 heavy (non-hydrogen) atoms. The van der Waals surface area contributed by atoms with Gasteiger partial charge in [-0.2, -0.15) is 4.31 Å². The van der Waals surface area contributed by atoms with Crippen molar-refractivity contribution in [1.82, 2.24) is 24.8 Å². The third kappa shape index (κ3) is 6.91. The standard InChI is InChI=1S/C24H29N7O12P2/c1-3-30(4-2)13-6-5-12-7-14(24(34)42-15(12)8-13)22(33)29-17-16(9-40-45(38,39)43-44(35,36)37)41-23(19(17)32)31-11-28-18-20(25)26-10-27-21(18)31/h5-8,10-11,16-17,19,23,32H,3-4,9H2,1-2H3,(H,29,33)(H,38,39)(H2,25,26,27)(H2,35,36,37)/t16-,17-,19-,23-/m1/s1. The van der Waals surface area contributed by atoms with E-state index in [9.17, 15) is 28.7 Å². The largest absolute Gasteiger partial charge is 0.481 e. The Labute approximate surface area is 253 Å². The molecular formula is C24H29N7O12P2. The first kappa shape index (κ1) is 32.6. The summed E-state index contributed by atoms with van der Waals surface area (Å²) >= 11 is 0. The second-order valence-electron chi connectivity index (χ2n) is 9.82. The van der Waals surface area contributed by atoms with Gasteiger partial charge in [-0.15, -0.1) is 0 Å². The number of hydrogen-bond acceptors (Lipinski definition) is 14. The molecule has 0 spiro atoms. The maximum Gasteiger partial charge on any atom is 0.481 e. The highest BCUT2D eigenvalue weighted by molar-refractivity contribution is 7.60. The molecule has 5 atom stereocenters. The summed E-state index contributed by atoms with van der Waals surface area (Å²) in [4.78, 5) is 68.0. The van der Waals surface area contributed by atoms with Crippen LogP contribution in [-0.2, 0) is 22.7 Å². The van der Waals surface area contributed by atoms with E-state index in [1.807, 2.05) is 24.8 Å². The molecule has 4 heterocycles. The van der Waals surface area contributed by atoms with Crippen molar-refractivity contribution in [2.24, 2.45) is 0 Å². The molecule has 242 valence electrons. The zero-order chi connectivity index (χ0) is 32.7. The van der Waals surface area contributed by atoms with E-state index in [0.29, 0.717) is 5.39 Å². The summed E-state index contributed by atoms with van der Waals surface area (Å²) in [6, 6.07) is 5.04. The molecule has 0 bridgehead atoms. The number of amides is 1. The van der Waals surface area contributed by atoms with Gasteiger partial charge in [0.25, 0.3) is 5.91 Å². The molecule has 0 radical (unpaired) electrons. The van der Waals surface area contributed by atoms with Gasteiger partial charge in [-0.25, -0.2) is 28.9 Å². The van der Waals surface area contributed by atoms with Gasteiger partial charge in [-0.05, 0) is 32.0 Å². The van der Waals surface area contributed by atoms with Crippen molar-refractivity contribution in [3.8, 4) is 0 Å². The molecule has 19 nitrogen and oxygen atoms in total. The SMILES string of the molecule is CCN(CC)c1ccc2cc(C(=O)N[C@H]3[C@@H](O)[C@H](n4cnc5c(N)ncnc54)O[C@@H]3COP(=O)(O)OP(=O)(O)O)c(=O)oc2c1. The second kappa shape index (κ2) is 12.6. The van der Waals surface area contributed by atoms with Crippen molar-refractivity contribution in [1.29, 1.82) is 0 Å². The normalized spacial score (nSPS) is 21.6. The summed E-state index contributed by atoms with van der Waals surface area (Å²) in [6.45, 7) is 4.47. The minimum absolute atomic E-state index is 0.0269. The lowest BCUT2D eigenvalue weighted by Gasteiger charge is -2.22. The second-order valence-corrected chi connectivity index (χ2v) is 12.6. The van der Waals surface area contributed by atoms with Crippen molar-refractivity contribution < 1.29 is 51.7 Å². The molecule has 5 rings (SSSR count). The van der Waals surface area contributed by atoms with Gasteiger partial charge in [0.1, 0.15) is 35.2 Å². The van der Waals surface area contributed by atoms with Crippen LogP contribution in [0.1, 0.15) is 30.4 Å². The summed E-state index contributed by atoms with van der Waals surface area (Å²) in [7, 11) is -10.8. The number of nitrogens with two attached hydrogens (primary N) is 1. The number of imidazole rings is 1. The van der Waals surface area contributed by atoms with Crippen LogP contribution in [0.2, 0.25) is 0 Å². The van der Waals surface area contributed by atoms with Crippen LogP contribution in [0.4, 0.5) is 11.5 Å². The number of ether oxygens (including phenoxy) is 1. The lowest BCUT2D eigenvalue weighted by molar-refractivity contribution is -0.0483. The molecule has 1 aliphatic rings. The van der Waals surface area contributed by atoms with Crippen molar-refractivity contribution in [3.05, 3.63) is 52.9 Å². The van der Waals surface area contributed by atoms with Gasteiger partial charge < -0.3 is 44.9 Å². The number of anilines is 2. The van der Waals surface area contributed by atoms with E-state index in [2.05, 4.69) is 24.6 Å². The fourth-order valence-electron chi connectivity index (χ4n) is 4.95. The highest BCUT2D eigenvalue weighted by atomic mass is 31.3. The molecule has 3 aromatic heterocycles. The van der Waals surface area contributed by atoms with E-state index in [-0.39, 0.29) is 22.6 Å². The molecule has 4 aromatic rings. The van der Waals surface area contributed by atoms with E-state index in [1.54, 1.807) is 12.1 Å². The highest BCUT2D eigenvalue weighted by Gasteiger charge is 2.47. The number of nitrogens with one attached hydrogen (secondary N) is 1. The molecule has 1 unspecified atom stereocenters. The predicted molar refractivity (Wildman–Crippen MR) is 156 cm³/mol. The van der Waals surface area contributed by atoms with Crippen molar-refractivity contribution in [2.45, 2.75) is 38.3 Å². The summed E-state index contributed by atoms with van der Waals surface area (Å²) in [5, 5.41) is 14.2. The monoisotopic (exact) mass is 669 g/mol. The van der Waals surface area contributed by atoms with Gasteiger partial charge in [0.15, 0.2) is 17.7 Å². The maximum atomic E-state index is 13.4. The third-order valence-corrected chi connectivity index (χ3v) is 9.19. The van der Waals surface area contributed by atoms with E-state index in [0.717, 1.165) is 25.1 Å². The van der Waals surface area contributed by atoms with Gasteiger partial charge >= 0.3 is 21.3 Å². The average Bonchev–Trinajstić information content (AvgIpc) is 3.52. The van der Waals surface area contributed by atoms with Gasteiger partial charge in [0, 0.05) is 30.2 Å². The Morgan fingerprint density at radius 1 is 1.16 bits per heavy atom. The maximum absolute atomic E-state index is 13.4. The summed E-state index contributed by atoms with van der Waals surface area (Å²) in [5.41, 5.74) is 5.81. The number of carbonyl (C=O) groups is 1. The summed E-state index contributed by atoms with van der Waals surface area (Å²) in [6.07, 6.45) is -2.06. The zero-order valence-corrected chi connectivity index (χ0v) is 25.4. The fourth-order valence-corrected chi connectivity index (χ4v) is 6.55. The Morgan fingerprint density at radius 2 is 1.89 bits per heavy atom. The molecule has 1 aromatic carbocycles. The van der Waals surface area contributed by atoms with E-state index in [4.69, 9.17) is 29.2 Å². The first-order valence-corrected chi connectivity index (χ1v) is 16.4. The number of nitrogens with zero attached hydrogens (tertiary/aromatic N) is 5. The summed E-state index contributed by atoms with van der Waals surface area (Å²) < 4.78 is 44.3. The third-order valence-electron chi connectivity index (χ3n) is 7.04. The highest BCUT2D eigenvalue weighted by Crippen LogP contribution is 2.57. The lowest BCUT2D eigenvalue weighted by atomic mass is 10.1. The van der Waals surface area contributed by atoms with Crippen molar-refractivity contribution in [3.63, 3.8) is 0 Å². The lowest BCUT2D eigenvalue weighted by Crippen LogP contribution is -2.49. The number of carbonyl (C=O) groups excluding carboxylic acids is 1.